The van der Waals surface area contributed by atoms with E-state index in [0.717, 1.165) is 22.9 Å². The van der Waals surface area contributed by atoms with Crippen molar-refractivity contribution >= 4 is 32.8 Å². The fourth-order valence-corrected chi connectivity index (χ4v) is 4.39. The highest BCUT2D eigenvalue weighted by Crippen LogP contribution is 2.24. The summed E-state index contributed by atoms with van der Waals surface area (Å²) in [4.78, 5) is 0.166. The van der Waals surface area contributed by atoms with E-state index in [1.54, 1.807) is 18.2 Å². The van der Waals surface area contributed by atoms with Gasteiger partial charge in [0.15, 0.2) is 0 Å². The van der Waals surface area contributed by atoms with Crippen molar-refractivity contribution in [2.24, 2.45) is 0 Å². The normalized spacial score (nSPS) is 13.3. The lowest BCUT2D eigenvalue weighted by Crippen LogP contribution is -2.27. The lowest BCUT2D eigenvalue weighted by atomic mass is 10.0. The number of hydrogen-bond donors (Lipinski definition) is 1. The third kappa shape index (κ3) is 3.12. The molecule has 2 aromatic carbocycles. The maximum atomic E-state index is 12.7. The van der Waals surface area contributed by atoms with Crippen LogP contribution in [-0.2, 0) is 10.0 Å². The number of hydrogen-bond acceptors (Lipinski definition) is 5. The zero-order valence-corrected chi connectivity index (χ0v) is 14.7. The Labute approximate surface area is 139 Å². The highest BCUT2D eigenvalue weighted by atomic mass is 32.2. The summed E-state index contributed by atoms with van der Waals surface area (Å²) >= 11 is 1.01. The van der Waals surface area contributed by atoms with Crippen LogP contribution < -0.4 is 4.72 Å². The monoisotopic (exact) mass is 347 g/mol. The van der Waals surface area contributed by atoms with Crippen LogP contribution >= 0.6 is 11.7 Å². The Balaban J connectivity index is 1.94. The summed E-state index contributed by atoms with van der Waals surface area (Å²) in [6.45, 7) is 5.88. The van der Waals surface area contributed by atoms with E-state index >= 15 is 0 Å². The van der Waals surface area contributed by atoms with Gasteiger partial charge in [-0.2, -0.15) is 8.75 Å². The van der Waals surface area contributed by atoms with Crippen LogP contribution in [0.3, 0.4) is 0 Å². The summed E-state index contributed by atoms with van der Waals surface area (Å²) < 4.78 is 36.3. The second kappa shape index (κ2) is 5.99. The van der Waals surface area contributed by atoms with Gasteiger partial charge in [0.1, 0.15) is 15.9 Å². The molecular weight excluding hydrogens is 330 g/mol. The molecule has 1 atom stereocenters. The first kappa shape index (κ1) is 16.0. The maximum Gasteiger partial charge on any atom is 0.243 e. The zero-order chi connectivity index (χ0) is 16.6. The summed E-state index contributed by atoms with van der Waals surface area (Å²) in [6.07, 6.45) is 0. The third-order valence-electron chi connectivity index (χ3n) is 3.90. The topological polar surface area (TPSA) is 72.0 Å². The number of aromatic nitrogens is 2. The number of rotatable bonds is 4. The fourth-order valence-electron chi connectivity index (χ4n) is 2.40. The minimum absolute atomic E-state index is 0.166. The van der Waals surface area contributed by atoms with E-state index in [9.17, 15) is 8.42 Å². The van der Waals surface area contributed by atoms with Crippen molar-refractivity contribution in [1.29, 1.82) is 0 Å². The maximum absolute atomic E-state index is 12.7. The second-order valence-corrected chi connectivity index (χ2v) is 7.79. The Morgan fingerprint density at radius 3 is 2.61 bits per heavy atom. The molecule has 5 nitrogen and oxygen atoms in total. The number of fused-ring (bicyclic) bond motifs is 1. The molecule has 0 radical (unpaired) electrons. The molecule has 3 aromatic rings. The summed E-state index contributed by atoms with van der Waals surface area (Å²) in [5.74, 6) is 0. The van der Waals surface area contributed by atoms with Gasteiger partial charge in [0, 0.05) is 6.04 Å². The number of nitrogens with one attached hydrogen (secondary N) is 1. The minimum atomic E-state index is -3.67. The largest absolute Gasteiger partial charge is 0.243 e. The van der Waals surface area contributed by atoms with E-state index in [1.807, 2.05) is 39.0 Å². The third-order valence-corrected chi connectivity index (χ3v) is 6.02. The van der Waals surface area contributed by atoms with Gasteiger partial charge >= 0.3 is 0 Å². The van der Waals surface area contributed by atoms with Crippen LogP contribution in [0.15, 0.2) is 41.3 Å². The molecule has 0 spiro atoms. The average molecular weight is 347 g/mol. The predicted octanol–water partition coefficient (Wildman–Crippen LogP) is 3.35. The number of aryl methyl sites for hydroxylation is 2. The Morgan fingerprint density at radius 2 is 1.87 bits per heavy atom. The van der Waals surface area contributed by atoms with Crippen molar-refractivity contribution in [1.82, 2.24) is 13.5 Å². The lowest BCUT2D eigenvalue weighted by molar-refractivity contribution is 0.567. The van der Waals surface area contributed by atoms with Gasteiger partial charge in [-0.1, -0.05) is 24.3 Å². The van der Waals surface area contributed by atoms with Crippen molar-refractivity contribution in [3.05, 3.63) is 53.1 Å². The molecule has 0 aliphatic heterocycles. The van der Waals surface area contributed by atoms with Crippen molar-refractivity contribution < 1.29 is 8.42 Å². The molecule has 0 saturated carbocycles. The zero-order valence-electron chi connectivity index (χ0n) is 13.1. The van der Waals surface area contributed by atoms with Crippen LogP contribution in [-0.4, -0.2) is 17.2 Å². The van der Waals surface area contributed by atoms with Gasteiger partial charge < -0.3 is 0 Å². The van der Waals surface area contributed by atoms with Crippen molar-refractivity contribution in [2.45, 2.75) is 31.7 Å². The van der Waals surface area contributed by atoms with Gasteiger partial charge in [0.2, 0.25) is 10.0 Å². The smallest absolute Gasteiger partial charge is 0.207 e. The van der Waals surface area contributed by atoms with Crippen molar-refractivity contribution in [3.63, 3.8) is 0 Å². The van der Waals surface area contributed by atoms with E-state index in [2.05, 4.69) is 13.5 Å². The molecule has 23 heavy (non-hydrogen) atoms. The predicted molar refractivity (Wildman–Crippen MR) is 92.1 cm³/mol. The van der Waals surface area contributed by atoms with E-state index in [-0.39, 0.29) is 10.9 Å². The van der Waals surface area contributed by atoms with Crippen LogP contribution in [0.1, 0.15) is 29.7 Å². The fraction of sp³-hybridized carbons (Fsp3) is 0.250. The number of benzene rings is 2. The summed E-state index contributed by atoms with van der Waals surface area (Å²) in [6, 6.07) is 10.6. The lowest BCUT2D eigenvalue weighted by Gasteiger charge is -2.16. The average Bonchev–Trinajstić information content (AvgIpc) is 2.97. The highest BCUT2D eigenvalue weighted by Gasteiger charge is 2.22. The quantitative estimate of drug-likeness (QED) is 0.785. The van der Waals surface area contributed by atoms with Crippen LogP contribution in [0, 0.1) is 13.8 Å². The van der Waals surface area contributed by atoms with E-state index in [4.69, 9.17) is 0 Å². The van der Waals surface area contributed by atoms with Crippen molar-refractivity contribution in [2.75, 3.05) is 0 Å². The van der Waals surface area contributed by atoms with E-state index in [0.29, 0.717) is 11.0 Å². The Hall–Kier alpha value is -1.83. The molecule has 1 aromatic heterocycles. The molecule has 1 heterocycles. The number of nitrogens with zero attached hydrogens (tertiary/aromatic N) is 2. The molecule has 7 heteroatoms. The van der Waals surface area contributed by atoms with Gasteiger partial charge in [-0.15, -0.1) is 0 Å². The molecule has 0 saturated heterocycles. The highest BCUT2D eigenvalue weighted by molar-refractivity contribution is 7.89. The van der Waals surface area contributed by atoms with Crippen LogP contribution in [0.2, 0.25) is 0 Å². The summed E-state index contributed by atoms with van der Waals surface area (Å²) in [5, 5.41) is 0. The van der Waals surface area contributed by atoms with E-state index in [1.165, 1.54) is 5.56 Å². The molecule has 0 aliphatic carbocycles. The summed E-state index contributed by atoms with van der Waals surface area (Å²) in [7, 11) is -3.67. The molecule has 120 valence electrons. The molecule has 1 N–H and O–H groups in total. The van der Waals surface area contributed by atoms with Crippen molar-refractivity contribution in [3.8, 4) is 0 Å². The first-order valence-electron chi connectivity index (χ1n) is 7.19. The Kier molecular flexibility index (Phi) is 4.18. The minimum Gasteiger partial charge on any atom is -0.207 e. The SMILES string of the molecule is Cc1ccc(C(C)NS(=O)(=O)c2cccc3nsnc23)cc1C. The van der Waals surface area contributed by atoms with Crippen LogP contribution in [0.25, 0.3) is 11.0 Å². The van der Waals surface area contributed by atoms with Gasteiger partial charge in [-0.05, 0) is 49.6 Å². The molecule has 0 aliphatic rings. The molecule has 0 bridgehead atoms. The molecule has 0 amide bonds. The number of sulfonamides is 1. The molecular formula is C16H17N3O2S2. The Bertz CT molecular complexity index is 964. The van der Waals surface area contributed by atoms with Gasteiger partial charge in [-0.25, -0.2) is 13.1 Å². The van der Waals surface area contributed by atoms with E-state index < -0.39 is 10.0 Å². The Morgan fingerprint density at radius 1 is 1.09 bits per heavy atom. The molecule has 0 fully saturated rings. The first-order valence-corrected chi connectivity index (χ1v) is 9.40. The molecule has 1 unspecified atom stereocenters. The van der Waals surface area contributed by atoms with Gasteiger partial charge in [0.25, 0.3) is 0 Å². The second-order valence-electron chi connectivity index (χ2n) is 5.57. The first-order chi connectivity index (χ1) is 10.9. The molecule has 3 rings (SSSR count). The van der Waals surface area contributed by atoms with Crippen LogP contribution in [0.5, 0.6) is 0 Å². The standard InChI is InChI=1S/C16H17N3O2S2/c1-10-7-8-13(9-11(10)2)12(3)19-23(20,21)15-6-4-5-14-16(15)18-22-17-14/h4-9,12,19H,1-3H3. The van der Waals surface area contributed by atoms with Crippen LogP contribution in [0.4, 0.5) is 0 Å². The van der Waals surface area contributed by atoms with Gasteiger partial charge in [0.05, 0.1) is 11.7 Å². The van der Waals surface area contributed by atoms with Gasteiger partial charge in [-0.3, -0.25) is 0 Å². The summed E-state index contributed by atoms with van der Waals surface area (Å²) in [5.41, 5.74) is 4.26.